The van der Waals surface area contributed by atoms with Gasteiger partial charge in [-0.2, -0.15) is 0 Å². The molecule has 1 heterocycles. The average molecular weight is 297 g/mol. The molecule has 20 heavy (non-hydrogen) atoms. The Kier molecular flexibility index (Phi) is 5.23. The quantitative estimate of drug-likeness (QED) is 0.383. The molecule has 1 aromatic carbocycles. The van der Waals surface area contributed by atoms with Crippen molar-refractivity contribution in [2.24, 2.45) is 10.9 Å². The zero-order valence-electron chi connectivity index (χ0n) is 11.7. The van der Waals surface area contributed by atoms with Crippen molar-refractivity contribution in [3.8, 4) is 0 Å². The second-order valence-corrected chi connectivity index (χ2v) is 5.41. The molecule has 0 bridgehead atoms. The molecule has 1 saturated heterocycles. The van der Waals surface area contributed by atoms with Gasteiger partial charge in [0.15, 0.2) is 5.84 Å². The Morgan fingerprint density at radius 2 is 1.95 bits per heavy atom. The number of amidine groups is 1. The molecule has 110 valence electrons. The predicted molar refractivity (Wildman–Crippen MR) is 81.4 cm³/mol. The van der Waals surface area contributed by atoms with Crippen molar-refractivity contribution in [1.82, 2.24) is 9.80 Å². The topological polar surface area (TPSA) is 65.1 Å². The van der Waals surface area contributed by atoms with Gasteiger partial charge < -0.3 is 15.8 Å². The minimum absolute atomic E-state index is 0.0787. The summed E-state index contributed by atoms with van der Waals surface area (Å²) in [4.78, 5) is 4.84. The van der Waals surface area contributed by atoms with Gasteiger partial charge in [-0.15, -0.1) is 0 Å². The van der Waals surface area contributed by atoms with Crippen molar-refractivity contribution in [2.75, 3.05) is 32.7 Å². The average Bonchev–Trinajstić information content (AvgIpc) is 2.49. The van der Waals surface area contributed by atoms with Crippen LogP contribution in [-0.2, 0) is 6.54 Å². The van der Waals surface area contributed by atoms with E-state index in [2.05, 4.69) is 21.9 Å². The molecule has 2 rings (SSSR count). The first-order valence-corrected chi connectivity index (χ1v) is 7.23. The van der Waals surface area contributed by atoms with Crippen molar-refractivity contribution in [3.63, 3.8) is 0 Å². The number of hydrogen-bond acceptors (Lipinski definition) is 4. The van der Waals surface area contributed by atoms with Crippen molar-refractivity contribution >= 4 is 17.4 Å². The fourth-order valence-electron chi connectivity index (χ4n) is 2.40. The summed E-state index contributed by atoms with van der Waals surface area (Å²) in [6.07, 6.45) is 0. The van der Waals surface area contributed by atoms with Gasteiger partial charge >= 0.3 is 0 Å². The lowest BCUT2D eigenvalue weighted by molar-refractivity contribution is 0.132. The third kappa shape index (κ3) is 3.62. The number of piperazine rings is 1. The Hall–Kier alpha value is -1.30. The van der Waals surface area contributed by atoms with Crippen LogP contribution in [0, 0.1) is 0 Å². The van der Waals surface area contributed by atoms with E-state index in [1.807, 2.05) is 12.1 Å². The normalized spacial score (nSPS) is 18.4. The Labute approximate surface area is 124 Å². The van der Waals surface area contributed by atoms with Gasteiger partial charge in [-0.05, 0) is 18.2 Å². The Balaban J connectivity index is 2.00. The number of halogens is 1. The third-order valence-electron chi connectivity index (χ3n) is 3.76. The van der Waals surface area contributed by atoms with Crippen molar-refractivity contribution < 1.29 is 5.21 Å². The summed E-state index contributed by atoms with van der Waals surface area (Å²) in [6, 6.07) is 5.52. The molecular weight excluding hydrogens is 276 g/mol. The van der Waals surface area contributed by atoms with Crippen LogP contribution in [0.4, 0.5) is 0 Å². The largest absolute Gasteiger partial charge is 0.409 e. The summed E-state index contributed by atoms with van der Waals surface area (Å²) in [5, 5.41) is 12.3. The molecule has 1 aliphatic rings. The highest BCUT2D eigenvalue weighted by Crippen LogP contribution is 2.20. The van der Waals surface area contributed by atoms with Gasteiger partial charge in [-0.1, -0.05) is 35.8 Å². The van der Waals surface area contributed by atoms with Crippen molar-refractivity contribution in [1.29, 1.82) is 0 Å². The summed E-state index contributed by atoms with van der Waals surface area (Å²) < 4.78 is 0. The maximum Gasteiger partial charge on any atom is 0.170 e. The van der Waals surface area contributed by atoms with Gasteiger partial charge in [0.1, 0.15) is 0 Å². The molecule has 0 spiro atoms. The zero-order chi connectivity index (χ0) is 14.5. The number of hydrogen-bond donors (Lipinski definition) is 2. The first kappa shape index (κ1) is 15.1. The fourth-order valence-corrected chi connectivity index (χ4v) is 2.64. The van der Waals surface area contributed by atoms with Crippen LogP contribution >= 0.6 is 11.6 Å². The van der Waals surface area contributed by atoms with Gasteiger partial charge in [-0.3, -0.25) is 4.90 Å². The van der Waals surface area contributed by atoms with Crippen LogP contribution in [-0.4, -0.2) is 53.6 Å². The van der Waals surface area contributed by atoms with E-state index in [1.54, 1.807) is 6.07 Å². The van der Waals surface area contributed by atoms with Gasteiger partial charge in [0.05, 0.1) is 0 Å². The van der Waals surface area contributed by atoms with Gasteiger partial charge in [0, 0.05) is 43.3 Å². The van der Waals surface area contributed by atoms with E-state index >= 15 is 0 Å². The highest BCUT2D eigenvalue weighted by atomic mass is 35.5. The number of rotatable bonds is 4. The van der Waals surface area contributed by atoms with Crippen LogP contribution in [0.2, 0.25) is 5.02 Å². The van der Waals surface area contributed by atoms with E-state index in [9.17, 15) is 0 Å². The van der Waals surface area contributed by atoms with Crippen LogP contribution in [0.15, 0.2) is 23.4 Å². The molecule has 1 aliphatic heterocycles. The minimum Gasteiger partial charge on any atom is -0.409 e. The van der Waals surface area contributed by atoms with E-state index in [0.717, 1.165) is 44.8 Å². The molecule has 0 amide bonds. The summed E-state index contributed by atoms with van der Waals surface area (Å²) in [7, 11) is 0. The molecule has 1 fully saturated rings. The lowest BCUT2D eigenvalue weighted by atomic mass is 10.1. The van der Waals surface area contributed by atoms with Crippen LogP contribution in [0.25, 0.3) is 0 Å². The second kappa shape index (κ2) is 6.92. The van der Waals surface area contributed by atoms with Gasteiger partial charge in [0.2, 0.25) is 0 Å². The smallest absolute Gasteiger partial charge is 0.170 e. The lowest BCUT2D eigenvalue weighted by Crippen LogP contribution is -2.45. The molecular formula is C14H21ClN4O. The Morgan fingerprint density at radius 1 is 1.30 bits per heavy atom. The summed E-state index contributed by atoms with van der Waals surface area (Å²) in [5.74, 6) is 0.0787. The lowest BCUT2D eigenvalue weighted by Gasteiger charge is -2.34. The molecule has 0 unspecified atom stereocenters. The first-order valence-electron chi connectivity index (χ1n) is 6.85. The monoisotopic (exact) mass is 296 g/mol. The standard InChI is InChI=1S/C14H21ClN4O/c1-2-18-5-7-19(8-6-18)10-12-4-3-11(9-13(12)15)14(16)17-20/h3-4,9,20H,2,5-8,10H2,1H3,(H2,16,17). The number of benzene rings is 1. The number of oxime groups is 1. The molecule has 5 nitrogen and oxygen atoms in total. The zero-order valence-corrected chi connectivity index (χ0v) is 12.5. The van der Waals surface area contributed by atoms with E-state index in [-0.39, 0.29) is 5.84 Å². The first-order chi connectivity index (χ1) is 9.63. The number of likely N-dealkylation sites (N-methyl/N-ethyl adjacent to an activating group) is 1. The molecule has 0 radical (unpaired) electrons. The highest BCUT2D eigenvalue weighted by molar-refractivity contribution is 6.31. The summed E-state index contributed by atoms with van der Waals surface area (Å²) in [6.45, 7) is 8.49. The van der Waals surface area contributed by atoms with Crippen molar-refractivity contribution in [2.45, 2.75) is 13.5 Å². The predicted octanol–water partition coefficient (Wildman–Crippen LogP) is 1.57. The summed E-state index contributed by atoms with van der Waals surface area (Å²) >= 11 is 6.28. The van der Waals surface area contributed by atoms with Crippen LogP contribution in [0.5, 0.6) is 0 Å². The van der Waals surface area contributed by atoms with Crippen LogP contribution < -0.4 is 5.73 Å². The number of nitrogens with zero attached hydrogens (tertiary/aromatic N) is 3. The van der Waals surface area contributed by atoms with E-state index in [4.69, 9.17) is 22.5 Å². The molecule has 3 N–H and O–H groups in total. The Morgan fingerprint density at radius 3 is 2.50 bits per heavy atom. The van der Waals surface area contributed by atoms with Crippen LogP contribution in [0.1, 0.15) is 18.1 Å². The second-order valence-electron chi connectivity index (χ2n) is 5.00. The molecule has 0 atom stereocenters. The fraction of sp³-hybridized carbons (Fsp3) is 0.500. The SMILES string of the molecule is CCN1CCN(Cc2ccc(/C(N)=N/O)cc2Cl)CC1. The molecule has 1 aromatic rings. The molecule has 0 saturated carbocycles. The highest BCUT2D eigenvalue weighted by Gasteiger charge is 2.16. The van der Waals surface area contributed by atoms with Crippen molar-refractivity contribution in [3.05, 3.63) is 34.3 Å². The van der Waals surface area contributed by atoms with E-state index in [0.29, 0.717) is 10.6 Å². The maximum absolute atomic E-state index is 8.66. The maximum atomic E-state index is 8.66. The van der Waals surface area contributed by atoms with Crippen LogP contribution in [0.3, 0.4) is 0 Å². The van der Waals surface area contributed by atoms with Gasteiger partial charge in [-0.25, -0.2) is 0 Å². The Bertz CT molecular complexity index is 484. The minimum atomic E-state index is 0.0787. The number of nitrogens with two attached hydrogens (primary N) is 1. The molecule has 6 heteroatoms. The third-order valence-corrected chi connectivity index (χ3v) is 4.11. The van der Waals surface area contributed by atoms with Gasteiger partial charge in [0.25, 0.3) is 0 Å². The molecule has 0 aliphatic carbocycles. The van der Waals surface area contributed by atoms with E-state index in [1.165, 1.54) is 0 Å². The summed E-state index contributed by atoms with van der Waals surface area (Å²) in [5.41, 5.74) is 7.26. The molecule has 0 aromatic heterocycles. The van der Waals surface area contributed by atoms with E-state index < -0.39 is 0 Å².